The number of anilines is 1. The Morgan fingerprint density at radius 1 is 1.04 bits per heavy atom. The summed E-state index contributed by atoms with van der Waals surface area (Å²) in [6.45, 7) is 16.3. The lowest BCUT2D eigenvalue weighted by Crippen LogP contribution is -2.61. The van der Waals surface area contributed by atoms with Crippen molar-refractivity contribution in [1.82, 2.24) is 25.2 Å². The lowest BCUT2D eigenvalue weighted by Gasteiger charge is -2.41. The van der Waals surface area contributed by atoms with E-state index in [1.54, 1.807) is 19.4 Å². The van der Waals surface area contributed by atoms with Crippen molar-refractivity contribution in [2.75, 3.05) is 51.4 Å². The summed E-state index contributed by atoms with van der Waals surface area (Å²) in [6, 6.07) is 6.07. The summed E-state index contributed by atoms with van der Waals surface area (Å²) in [5.41, 5.74) is 4.08. The minimum atomic E-state index is -2.29. The zero-order valence-electron chi connectivity index (χ0n) is 34.2. The number of hydrogen-bond acceptors (Lipinski definition) is 9. The van der Waals surface area contributed by atoms with E-state index >= 15 is 8.78 Å². The number of fused-ring (bicyclic) bond motifs is 5. The van der Waals surface area contributed by atoms with E-state index in [0.29, 0.717) is 71.3 Å². The number of nitrogens with zero attached hydrogens (tertiary/aromatic N) is 5. The lowest BCUT2D eigenvalue weighted by atomic mass is 9.95. The quantitative estimate of drug-likeness (QED) is 0.121. The van der Waals surface area contributed by atoms with Gasteiger partial charge >= 0.3 is 6.01 Å². The van der Waals surface area contributed by atoms with E-state index in [0.717, 1.165) is 32.2 Å². The number of benzene rings is 2. The number of nitrogens with one attached hydrogen (secondary N) is 1. The van der Waals surface area contributed by atoms with E-state index in [4.69, 9.17) is 24.4 Å². The molecule has 0 saturated carbocycles. The maximum Gasteiger partial charge on any atom is 0.319 e. The monoisotopic (exact) mass is 800 g/mol. The van der Waals surface area contributed by atoms with Gasteiger partial charge in [0.15, 0.2) is 5.82 Å². The molecule has 4 aliphatic heterocycles. The summed E-state index contributed by atoms with van der Waals surface area (Å²) in [4.78, 5) is 18.6. The van der Waals surface area contributed by atoms with Gasteiger partial charge < -0.3 is 24.8 Å². The number of pyridine rings is 1. The Bertz CT molecular complexity index is 2240. The Morgan fingerprint density at radius 3 is 2.54 bits per heavy atom. The van der Waals surface area contributed by atoms with Gasteiger partial charge in [0.05, 0.1) is 28.6 Å². The fourth-order valence-electron chi connectivity index (χ4n) is 11.1. The highest BCUT2D eigenvalue weighted by atomic mass is 28.3. The van der Waals surface area contributed by atoms with Crippen molar-refractivity contribution in [3.05, 3.63) is 47.7 Å². The van der Waals surface area contributed by atoms with Crippen molar-refractivity contribution in [2.24, 2.45) is 0 Å². The zero-order valence-corrected chi connectivity index (χ0v) is 35.2. The van der Waals surface area contributed by atoms with Gasteiger partial charge in [-0.1, -0.05) is 53.5 Å². The Labute approximate surface area is 334 Å². The third kappa shape index (κ3) is 6.84. The average Bonchev–Trinajstić information content (AvgIpc) is 3.79. The molecule has 8 rings (SSSR count). The van der Waals surface area contributed by atoms with Crippen molar-refractivity contribution >= 4 is 35.6 Å². The van der Waals surface area contributed by atoms with Crippen LogP contribution in [0.2, 0.25) is 16.6 Å². The number of hydrogen-bond donors (Lipinski definition) is 2. The first kappa shape index (κ1) is 39.8. The molecule has 2 bridgehead atoms. The van der Waals surface area contributed by atoms with Gasteiger partial charge in [0.2, 0.25) is 0 Å². The molecule has 6 heterocycles. The minimum absolute atomic E-state index is 0.000485. The fourth-order valence-corrected chi connectivity index (χ4v) is 16.3. The van der Waals surface area contributed by atoms with Crippen LogP contribution in [0.4, 0.5) is 19.0 Å². The number of methoxy groups -OCH3 is 1. The molecule has 4 aliphatic rings. The van der Waals surface area contributed by atoms with Crippen molar-refractivity contribution in [3.8, 4) is 34.5 Å². The van der Waals surface area contributed by atoms with Gasteiger partial charge in [-0.2, -0.15) is 9.97 Å². The lowest BCUT2D eigenvalue weighted by molar-refractivity contribution is 0.107. The minimum Gasteiger partial charge on any atom is -0.508 e. The summed E-state index contributed by atoms with van der Waals surface area (Å²) < 4.78 is 60.4. The van der Waals surface area contributed by atoms with Crippen LogP contribution in [-0.4, -0.2) is 103 Å². The molecule has 4 aromatic rings. The molecule has 4 saturated heterocycles. The third-order valence-electron chi connectivity index (χ3n) is 13.6. The molecule has 0 radical (unpaired) electrons. The van der Waals surface area contributed by atoms with E-state index in [1.165, 1.54) is 18.2 Å². The molecule has 304 valence electrons. The second-order valence-electron chi connectivity index (χ2n) is 18.0. The normalized spacial score (nSPS) is 25.0. The molecule has 0 aliphatic carbocycles. The number of phenols is 1. The molecule has 2 aromatic heterocycles. The highest BCUT2D eigenvalue weighted by molar-refractivity contribution is 6.90. The summed E-state index contributed by atoms with van der Waals surface area (Å²) in [5, 5.41) is 16.0. The van der Waals surface area contributed by atoms with Crippen LogP contribution >= 0.6 is 0 Å². The van der Waals surface area contributed by atoms with Crippen LogP contribution in [-0.2, 0) is 4.74 Å². The number of aromatic hydroxyl groups is 1. The van der Waals surface area contributed by atoms with Crippen LogP contribution in [0.3, 0.4) is 0 Å². The highest BCUT2D eigenvalue weighted by Gasteiger charge is 2.50. The molecule has 13 heteroatoms. The van der Waals surface area contributed by atoms with E-state index in [1.807, 2.05) is 0 Å². The number of aromatic nitrogens is 3. The summed E-state index contributed by atoms with van der Waals surface area (Å²) >= 11 is 0. The maximum absolute atomic E-state index is 17.5. The van der Waals surface area contributed by atoms with Gasteiger partial charge in [-0.25, -0.2) is 13.2 Å². The van der Waals surface area contributed by atoms with Crippen LogP contribution in [0.5, 0.6) is 11.8 Å². The van der Waals surface area contributed by atoms with Crippen LogP contribution < -0.4 is 15.0 Å². The van der Waals surface area contributed by atoms with Gasteiger partial charge in [0.25, 0.3) is 0 Å². The summed E-state index contributed by atoms with van der Waals surface area (Å²) in [7, 11) is -0.598. The smallest absolute Gasteiger partial charge is 0.319 e. The molecule has 0 amide bonds. The number of alkyl halides is 1. The second kappa shape index (κ2) is 15.0. The first-order valence-electron chi connectivity index (χ1n) is 20.6. The second-order valence-corrected chi connectivity index (χ2v) is 23.6. The highest BCUT2D eigenvalue weighted by Crippen LogP contribution is 2.44. The van der Waals surface area contributed by atoms with Crippen molar-refractivity contribution in [2.45, 2.75) is 114 Å². The number of halogens is 3. The number of ether oxygens (including phenoxy) is 2. The molecular formula is C44H55F3N6O3Si. The van der Waals surface area contributed by atoms with Crippen molar-refractivity contribution < 1.29 is 27.8 Å². The maximum atomic E-state index is 17.5. The first-order chi connectivity index (χ1) is 27.2. The van der Waals surface area contributed by atoms with Gasteiger partial charge in [0, 0.05) is 56.4 Å². The Kier molecular flexibility index (Phi) is 10.5. The summed E-state index contributed by atoms with van der Waals surface area (Å²) in [5.74, 6) is 2.39. The summed E-state index contributed by atoms with van der Waals surface area (Å²) in [6.07, 6.45) is 4.65. The van der Waals surface area contributed by atoms with Crippen LogP contribution in [0, 0.1) is 23.1 Å². The standard InChI is InChI=1S/C44H55F3N6O3Si/c1-26(2)57(27(3)4,28(5)6)16-12-33-36(46)10-9-29-17-32(54)18-34(37(29)33)39-38(47)40-35(20-48-39)41(52-22-31-11-14-43(23-52,51-31)24-55-7)50-42(49-40)56-25-44-13-8-15-53(44)21-30(45)19-44/h9-10,17-18,20,26-28,30-31,51,54H,8,11,13-15,19,21-25H2,1-7H3/t30-,31?,43?,44+/m1/s1. The first-order valence-corrected chi connectivity index (χ1v) is 22.8. The topological polar surface area (TPSA) is 95.9 Å². The molecular weight excluding hydrogens is 746 g/mol. The zero-order chi connectivity index (χ0) is 40.4. The number of phenolic OH excluding ortho intramolecular Hbond substituents is 1. The predicted molar refractivity (Wildman–Crippen MR) is 221 cm³/mol. The van der Waals surface area contributed by atoms with Gasteiger partial charge in [-0.05, 0) is 72.4 Å². The molecule has 2 aromatic carbocycles. The third-order valence-corrected chi connectivity index (χ3v) is 19.9. The largest absolute Gasteiger partial charge is 0.508 e. The predicted octanol–water partition coefficient (Wildman–Crippen LogP) is 8.31. The molecule has 2 N–H and O–H groups in total. The van der Waals surface area contributed by atoms with Gasteiger partial charge in [-0.3, -0.25) is 9.88 Å². The average molecular weight is 801 g/mol. The van der Waals surface area contributed by atoms with Crippen molar-refractivity contribution in [3.63, 3.8) is 0 Å². The van der Waals surface area contributed by atoms with E-state index in [9.17, 15) is 9.50 Å². The Balaban J connectivity index is 1.29. The van der Waals surface area contributed by atoms with E-state index in [-0.39, 0.29) is 52.3 Å². The Morgan fingerprint density at radius 2 is 1.81 bits per heavy atom. The SMILES string of the molecule is COCC12CCC(CN(c3nc(OC[C@@]45CCCN4C[C@H](F)C5)nc4c(F)c(-c5cc(O)cc6ccc(F)c(C#C[Si](C(C)C)(C(C)C)C(C)C)c56)ncc34)C1)N2. The molecule has 4 atom stereocenters. The van der Waals surface area contributed by atoms with E-state index in [2.05, 4.69) is 68.1 Å². The number of piperazine rings is 1. The Hall–Kier alpha value is -3.96. The molecule has 4 fully saturated rings. The van der Waals surface area contributed by atoms with Crippen LogP contribution in [0.25, 0.3) is 32.9 Å². The fraction of sp³-hybridized carbons (Fsp3) is 0.568. The molecule has 2 unspecified atom stereocenters. The number of rotatable bonds is 10. The van der Waals surface area contributed by atoms with Crippen LogP contribution in [0.1, 0.15) is 79.2 Å². The van der Waals surface area contributed by atoms with Gasteiger partial charge in [0.1, 0.15) is 49.4 Å². The molecule has 57 heavy (non-hydrogen) atoms. The van der Waals surface area contributed by atoms with Gasteiger partial charge in [-0.15, -0.1) is 5.54 Å². The van der Waals surface area contributed by atoms with Crippen LogP contribution in [0.15, 0.2) is 30.5 Å². The van der Waals surface area contributed by atoms with E-state index < -0.39 is 31.4 Å². The molecule has 0 spiro atoms. The van der Waals surface area contributed by atoms with Crippen molar-refractivity contribution in [1.29, 1.82) is 0 Å². The molecule has 9 nitrogen and oxygen atoms in total.